The Labute approximate surface area is 260 Å². The highest BCUT2D eigenvalue weighted by molar-refractivity contribution is 7.89. The molecule has 1 aliphatic rings. The molecule has 1 aromatic heterocycles. The lowest BCUT2D eigenvalue weighted by Gasteiger charge is -2.31. The fraction of sp³-hybridized carbons (Fsp3) is 0.310. The number of carbonyl (C=O) groups is 3. The Hall–Kier alpha value is -4.24. The summed E-state index contributed by atoms with van der Waals surface area (Å²) in [6.07, 6.45) is 5.15. The third-order valence-electron chi connectivity index (χ3n) is 6.81. The number of H-pyrrole nitrogens is 1. The van der Waals surface area contributed by atoms with E-state index in [1.54, 1.807) is 36.4 Å². The van der Waals surface area contributed by atoms with Crippen LogP contribution < -0.4 is 20.7 Å². The third-order valence-corrected chi connectivity index (χ3v) is 9.01. The van der Waals surface area contributed by atoms with Crippen molar-refractivity contribution in [3.63, 3.8) is 0 Å². The number of sulfonamides is 1. The van der Waals surface area contributed by atoms with Crippen molar-refractivity contribution in [2.75, 3.05) is 51.5 Å². The second kappa shape index (κ2) is 14.5. The van der Waals surface area contributed by atoms with Gasteiger partial charge in [0.25, 0.3) is 11.8 Å². The number of nitrogens with one attached hydrogen (secondary N) is 4. The number of hydrogen-bond acceptors (Lipinski definition) is 8. The maximum absolute atomic E-state index is 13.4. The molecule has 3 amide bonds. The molecule has 0 bridgehead atoms. The lowest BCUT2D eigenvalue weighted by Crippen LogP contribution is -2.46. The maximum Gasteiger partial charge on any atom is 0.271 e. The molecule has 0 spiro atoms. The maximum atomic E-state index is 13.4. The van der Waals surface area contributed by atoms with Gasteiger partial charge in [-0.3, -0.25) is 19.5 Å². The summed E-state index contributed by atoms with van der Waals surface area (Å²) in [5, 5.41) is 14.9. The van der Waals surface area contributed by atoms with Gasteiger partial charge in [-0.1, -0.05) is 29.8 Å². The number of carbonyl (C=O) groups excluding carboxylic acids is 3. The van der Waals surface area contributed by atoms with Gasteiger partial charge in [-0.05, 0) is 57.3 Å². The van der Waals surface area contributed by atoms with Crippen molar-refractivity contribution >= 4 is 50.7 Å². The van der Waals surface area contributed by atoms with E-state index in [1.165, 1.54) is 35.8 Å². The Morgan fingerprint density at radius 2 is 1.84 bits per heavy atom. The van der Waals surface area contributed by atoms with E-state index in [4.69, 9.17) is 16.3 Å². The molecule has 234 valence electrons. The fourth-order valence-electron chi connectivity index (χ4n) is 4.57. The topological polar surface area (TPSA) is 166 Å². The monoisotopic (exact) mass is 643 g/mol. The summed E-state index contributed by atoms with van der Waals surface area (Å²) in [4.78, 5) is 40.2. The highest BCUT2D eigenvalue weighted by Gasteiger charge is 2.31. The highest BCUT2D eigenvalue weighted by Crippen LogP contribution is 2.28. The van der Waals surface area contributed by atoms with E-state index in [0.717, 1.165) is 0 Å². The summed E-state index contributed by atoms with van der Waals surface area (Å²) in [5.41, 5.74) is 0.662. The molecular formula is C29H34ClN7O6S. The first-order chi connectivity index (χ1) is 21.0. The number of aromatic amines is 1. The van der Waals surface area contributed by atoms with E-state index < -0.39 is 21.8 Å². The van der Waals surface area contributed by atoms with Crippen molar-refractivity contribution in [3.05, 3.63) is 77.1 Å². The van der Waals surface area contributed by atoms with Crippen LogP contribution in [0.25, 0.3) is 0 Å². The number of halogens is 1. The number of methoxy groups -OCH3 is 1. The summed E-state index contributed by atoms with van der Waals surface area (Å²) in [5.74, 6) is -1.17. The minimum atomic E-state index is -3.84. The molecule has 1 saturated heterocycles. The van der Waals surface area contributed by atoms with Crippen molar-refractivity contribution in [1.82, 2.24) is 24.7 Å². The van der Waals surface area contributed by atoms with Gasteiger partial charge < -0.3 is 25.6 Å². The van der Waals surface area contributed by atoms with Crippen LogP contribution in [0, 0.1) is 0 Å². The summed E-state index contributed by atoms with van der Waals surface area (Å²) >= 11 is 6.20. The molecule has 4 N–H and O–H groups in total. The van der Waals surface area contributed by atoms with Crippen LogP contribution in [0.15, 0.2) is 65.7 Å². The molecule has 0 aliphatic carbocycles. The standard InChI is InChI=1S/C29H34ClN7O6S/c1-36(2)14-6-11-25(38)32-20-7-4-8-21(17-20)44(41,42)37-15-12-19(13-16-37)33-29(40)27-23(18-31-35-27)34-28(39)26-22(30)9-5-10-24(26)43-3/h4-11,17-19H,12-16H2,1-3H3,(H,31,35)(H,32,38)(H,33,40)(H,34,39)/b11-6+. The number of benzene rings is 2. The predicted molar refractivity (Wildman–Crippen MR) is 167 cm³/mol. The normalized spacial score (nSPS) is 14.5. The van der Waals surface area contributed by atoms with Gasteiger partial charge in [0.2, 0.25) is 15.9 Å². The van der Waals surface area contributed by atoms with Gasteiger partial charge in [0.05, 0.1) is 28.9 Å². The molecule has 44 heavy (non-hydrogen) atoms. The van der Waals surface area contributed by atoms with Gasteiger partial charge in [-0.2, -0.15) is 9.40 Å². The molecule has 15 heteroatoms. The number of amides is 3. The van der Waals surface area contributed by atoms with Gasteiger partial charge in [0.1, 0.15) is 17.0 Å². The van der Waals surface area contributed by atoms with E-state index in [-0.39, 0.29) is 57.7 Å². The van der Waals surface area contributed by atoms with E-state index >= 15 is 0 Å². The Bertz CT molecular complexity index is 1650. The SMILES string of the molecule is COc1cccc(Cl)c1C(=O)Nc1cn[nH]c1C(=O)NC1CCN(S(=O)(=O)c2cccc(NC(=O)/C=C/CN(C)C)c2)CC1. The molecule has 1 aliphatic heterocycles. The van der Waals surface area contributed by atoms with Gasteiger partial charge >= 0.3 is 0 Å². The summed E-state index contributed by atoms with van der Waals surface area (Å²) < 4.78 is 33.3. The summed E-state index contributed by atoms with van der Waals surface area (Å²) in [6.45, 7) is 0.948. The van der Waals surface area contributed by atoms with E-state index in [2.05, 4.69) is 26.1 Å². The quantitative estimate of drug-likeness (QED) is 0.232. The van der Waals surface area contributed by atoms with Crippen LogP contribution in [0.5, 0.6) is 5.75 Å². The number of aromatic nitrogens is 2. The number of likely N-dealkylation sites (N-methyl/N-ethyl adjacent to an activating group) is 1. The van der Waals surface area contributed by atoms with Crippen LogP contribution in [-0.4, -0.2) is 92.4 Å². The Kier molecular flexibility index (Phi) is 10.8. The van der Waals surface area contributed by atoms with Crippen LogP contribution in [0.2, 0.25) is 5.02 Å². The Balaban J connectivity index is 1.34. The minimum Gasteiger partial charge on any atom is -0.496 e. The molecule has 0 atom stereocenters. The average molecular weight is 644 g/mol. The second-order valence-corrected chi connectivity index (χ2v) is 12.6. The van der Waals surface area contributed by atoms with Gasteiger partial charge in [-0.25, -0.2) is 8.42 Å². The van der Waals surface area contributed by atoms with Crippen molar-refractivity contribution in [3.8, 4) is 5.75 Å². The number of anilines is 2. The lowest BCUT2D eigenvalue weighted by molar-refractivity contribution is -0.111. The molecule has 1 fully saturated rings. The highest BCUT2D eigenvalue weighted by atomic mass is 35.5. The fourth-order valence-corrected chi connectivity index (χ4v) is 6.34. The second-order valence-electron chi connectivity index (χ2n) is 10.3. The van der Waals surface area contributed by atoms with Crippen LogP contribution in [0.3, 0.4) is 0 Å². The molecule has 0 unspecified atom stereocenters. The molecule has 2 aromatic carbocycles. The Morgan fingerprint density at radius 3 is 2.55 bits per heavy atom. The van der Waals surface area contributed by atoms with Crippen molar-refractivity contribution in [2.45, 2.75) is 23.8 Å². The molecule has 3 aromatic rings. The van der Waals surface area contributed by atoms with Crippen molar-refractivity contribution in [2.24, 2.45) is 0 Å². The first-order valence-corrected chi connectivity index (χ1v) is 15.5. The molecule has 0 saturated carbocycles. The molecule has 13 nitrogen and oxygen atoms in total. The van der Waals surface area contributed by atoms with Gasteiger partial charge in [-0.15, -0.1) is 0 Å². The van der Waals surface area contributed by atoms with E-state index in [0.29, 0.717) is 25.1 Å². The first-order valence-electron chi connectivity index (χ1n) is 13.7. The summed E-state index contributed by atoms with van der Waals surface area (Å²) in [6, 6.07) is 10.6. The lowest BCUT2D eigenvalue weighted by atomic mass is 10.1. The number of nitrogens with zero attached hydrogens (tertiary/aromatic N) is 3. The molecular weight excluding hydrogens is 610 g/mol. The van der Waals surface area contributed by atoms with Crippen molar-refractivity contribution < 1.29 is 27.5 Å². The van der Waals surface area contributed by atoms with Crippen LogP contribution in [-0.2, 0) is 14.8 Å². The predicted octanol–water partition coefficient (Wildman–Crippen LogP) is 2.96. The van der Waals surface area contributed by atoms with E-state index in [1.807, 2.05) is 19.0 Å². The number of piperidine rings is 1. The zero-order valence-corrected chi connectivity index (χ0v) is 26.0. The molecule has 4 rings (SSSR count). The Morgan fingerprint density at radius 1 is 1.11 bits per heavy atom. The summed E-state index contributed by atoms with van der Waals surface area (Å²) in [7, 11) is 1.34. The number of rotatable bonds is 11. The minimum absolute atomic E-state index is 0.0369. The molecule has 0 radical (unpaired) electrons. The number of hydrogen-bond donors (Lipinski definition) is 4. The average Bonchev–Trinajstić information content (AvgIpc) is 3.45. The molecule has 2 heterocycles. The van der Waals surface area contributed by atoms with Crippen LogP contribution in [0.4, 0.5) is 11.4 Å². The van der Waals surface area contributed by atoms with E-state index in [9.17, 15) is 22.8 Å². The smallest absolute Gasteiger partial charge is 0.271 e. The van der Waals surface area contributed by atoms with Crippen LogP contribution >= 0.6 is 11.6 Å². The van der Waals surface area contributed by atoms with Crippen molar-refractivity contribution in [1.29, 1.82) is 0 Å². The first kappa shape index (κ1) is 32.7. The van der Waals surface area contributed by atoms with Crippen LogP contribution in [0.1, 0.15) is 33.7 Å². The third kappa shape index (κ3) is 8.02. The van der Waals surface area contributed by atoms with Gasteiger partial charge in [0, 0.05) is 37.4 Å². The zero-order chi connectivity index (χ0) is 31.9. The van der Waals surface area contributed by atoms with Gasteiger partial charge in [0.15, 0.2) is 0 Å². The number of ether oxygens (including phenoxy) is 1. The largest absolute Gasteiger partial charge is 0.496 e. The zero-order valence-electron chi connectivity index (χ0n) is 24.5.